The van der Waals surface area contributed by atoms with Gasteiger partial charge in [0.15, 0.2) is 0 Å². The second-order valence-electron chi connectivity index (χ2n) is 5.55. The average molecular weight is 224 g/mol. The van der Waals surface area contributed by atoms with Gasteiger partial charge in [-0.25, -0.2) is 4.79 Å². The summed E-state index contributed by atoms with van der Waals surface area (Å²) in [4.78, 5) is 13.8. The largest absolute Gasteiger partial charge is 0.393 e. The van der Waals surface area contributed by atoms with E-state index in [1.807, 2.05) is 4.90 Å². The van der Waals surface area contributed by atoms with E-state index in [0.717, 1.165) is 38.8 Å². The highest BCUT2D eigenvalue weighted by Crippen LogP contribution is 2.38. The van der Waals surface area contributed by atoms with Gasteiger partial charge in [0.2, 0.25) is 0 Å². The Labute approximate surface area is 96.0 Å². The lowest BCUT2D eigenvalue weighted by Crippen LogP contribution is -2.47. The number of hydrogen-bond acceptors (Lipinski definition) is 2. The molecule has 90 valence electrons. The Morgan fingerprint density at radius 2 is 2.00 bits per heavy atom. The molecule has 2 N–H and O–H groups in total. The van der Waals surface area contributed by atoms with Gasteiger partial charge in [-0.3, -0.25) is 0 Å². The molecule has 3 atom stereocenters. The Bertz CT molecular complexity index is 291. The van der Waals surface area contributed by atoms with Gasteiger partial charge in [0.25, 0.3) is 0 Å². The van der Waals surface area contributed by atoms with Crippen LogP contribution in [0.5, 0.6) is 0 Å². The number of hydrogen-bond donors (Lipinski definition) is 2. The summed E-state index contributed by atoms with van der Waals surface area (Å²) in [5, 5.41) is 12.8. The van der Waals surface area contributed by atoms with Crippen LogP contribution in [0.4, 0.5) is 4.79 Å². The molecule has 16 heavy (non-hydrogen) atoms. The van der Waals surface area contributed by atoms with Crippen molar-refractivity contribution in [3.05, 3.63) is 0 Å². The summed E-state index contributed by atoms with van der Waals surface area (Å²) >= 11 is 0. The van der Waals surface area contributed by atoms with Gasteiger partial charge in [-0.1, -0.05) is 0 Å². The molecule has 2 amide bonds. The number of urea groups is 1. The molecule has 0 spiro atoms. The van der Waals surface area contributed by atoms with Gasteiger partial charge in [0.05, 0.1) is 6.10 Å². The van der Waals surface area contributed by atoms with Crippen molar-refractivity contribution in [2.75, 3.05) is 13.1 Å². The van der Waals surface area contributed by atoms with E-state index in [1.165, 1.54) is 6.42 Å². The van der Waals surface area contributed by atoms with E-state index < -0.39 is 0 Å². The van der Waals surface area contributed by atoms with Crippen LogP contribution in [0.3, 0.4) is 0 Å². The fraction of sp³-hybridized carbons (Fsp3) is 0.917. The van der Waals surface area contributed by atoms with Crippen LogP contribution in [-0.4, -0.2) is 41.3 Å². The molecule has 0 aromatic heterocycles. The van der Waals surface area contributed by atoms with Gasteiger partial charge in [-0.05, 0) is 38.0 Å². The molecule has 3 fully saturated rings. The number of rotatable bonds is 1. The molecule has 0 aromatic carbocycles. The van der Waals surface area contributed by atoms with Crippen LogP contribution in [-0.2, 0) is 0 Å². The van der Waals surface area contributed by atoms with Crippen LogP contribution in [0.2, 0.25) is 0 Å². The Kier molecular flexibility index (Phi) is 2.54. The summed E-state index contributed by atoms with van der Waals surface area (Å²) in [6.45, 7) is 1.60. The van der Waals surface area contributed by atoms with Gasteiger partial charge < -0.3 is 15.3 Å². The van der Waals surface area contributed by atoms with E-state index >= 15 is 0 Å². The molecule has 4 nitrogen and oxygen atoms in total. The van der Waals surface area contributed by atoms with Gasteiger partial charge in [-0.15, -0.1) is 0 Å². The second kappa shape index (κ2) is 3.91. The van der Waals surface area contributed by atoms with Gasteiger partial charge in [0.1, 0.15) is 0 Å². The predicted octanol–water partition coefficient (Wildman–Crippen LogP) is 0.951. The third kappa shape index (κ3) is 1.69. The average Bonchev–Trinajstić information content (AvgIpc) is 2.75. The maximum absolute atomic E-state index is 11.9. The molecular weight excluding hydrogens is 204 g/mol. The minimum absolute atomic E-state index is 0.0892. The molecule has 1 saturated heterocycles. The summed E-state index contributed by atoms with van der Waals surface area (Å²) in [7, 11) is 0. The Morgan fingerprint density at radius 3 is 2.62 bits per heavy atom. The summed E-state index contributed by atoms with van der Waals surface area (Å²) in [6.07, 6.45) is 5.34. The van der Waals surface area contributed by atoms with Crippen molar-refractivity contribution in [2.24, 2.45) is 11.8 Å². The van der Waals surface area contributed by atoms with Gasteiger partial charge >= 0.3 is 6.03 Å². The van der Waals surface area contributed by atoms with Crippen molar-refractivity contribution in [3.8, 4) is 0 Å². The predicted molar refractivity (Wildman–Crippen MR) is 60.0 cm³/mol. The highest BCUT2D eigenvalue weighted by molar-refractivity contribution is 5.75. The minimum Gasteiger partial charge on any atom is -0.393 e. The Morgan fingerprint density at radius 1 is 1.19 bits per heavy atom. The standard InChI is InChI=1S/C12H20N2O2/c15-11-5-4-8-6-14(7-10(8)11)12(16)13-9-2-1-3-9/h8-11,15H,1-7H2,(H,13,16). The van der Waals surface area contributed by atoms with Gasteiger partial charge in [-0.2, -0.15) is 0 Å². The number of likely N-dealkylation sites (tertiary alicyclic amines) is 1. The highest BCUT2D eigenvalue weighted by atomic mass is 16.3. The number of aliphatic hydroxyl groups excluding tert-OH is 1. The maximum Gasteiger partial charge on any atom is 0.317 e. The van der Waals surface area contributed by atoms with E-state index in [2.05, 4.69) is 5.32 Å². The van der Waals surface area contributed by atoms with Crippen molar-refractivity contribution < 1.29 is 9.90 Å². The smallest absolute Gasteiger partial charge is 0.317 e. The van der Waals surface area contributed by atoms with Crippen molar-refractivity contribution >= 4 is 6.03 Å². The van der Waals surface area contributed by atoms with Crippen molar-refractivity contribution in [2.45, 2.75) is 44.2 Å². The molecule has 1 aliphatic heterocycles. The first-order chi connectivity index (χ1) is 7.74. The van der Waals surface area contributed by atoms with E-state index in [-0.39, 0.29) is 12.1 Å². The number of carbonyl (C=O) groups excluding carboxylic acids is 1. The van der Waals surface area contributed by atoms with Crippen LogP contribution in [0, 0.1) is 11.8 Å². The molecular formula is C12H20N2O2. The van der Waals surface area contributed by atoms with Crippen LogP contribution in [0.25, 0.3) is 0 Å². The molecule has 2 aliphatic carbocycles. The minimum atomic E-state index is -0.175. The summed E-state index contributed by atoms with van der Waals surface area (Å²) < 4.78 is 0. The zero-order chi connectivity index (χ0) is 11.1. The van der Waals surface area contributed by atoms with E-state index in [0.29, 0.717) is 17.9 Å². The number of fused-ring (bicyclic) bond motifs is 1. The maximum atomic E-state index is 11.9. The molecule has 3 rings (SSSR count). The van der Waals surface area contributed by atoms with E-state index in [1.54, 1.807) is 0 Å². The second-order valence-corrected chi connectivity index (χ2v) is 5.55. The monoisotopic (exact) mass is 224 g/mol. The normalized spacial score (nSPS) is 38.3. The first-order valence-electron chi connectivity index (χ1n) is 6.47. The first kappa shape index (κ1) is 10.4. The third-order valence-electron chi connectivity index (χ3n) is 4.54. The molecule has 3 aliphatic rings. The fourth-order valence-corrected chi connectivity index (χ4v) is 3.22. The van der Waals surface area contributed by atoms with Crippen LogP contribution in [0.1, 0.15) is 32.1 Å². The number of carbonyl (C=O) groups is 1. The Balaban J connectivity index is 1.54. The third-order valence-corrected chi connectivity index (χ3v) is 4.54. The zero-order valence-corrected chi connectivity index (χ0v) is 9.56. The molecule has 1 heterocycles. The van der Waals surface area contributed by atoms with Crippen LogP contribution in [0.15, 0.2) is 0 Å². The Hall–Kier alpha value is -0.770. The fourth-order valence-electron chi connectivity index (χ4n) is 3.22. The SMILES string of the molecule is O=C(NC1CCC1)N1CC2CCC(O)C2C1. The topological polar surface area (TPSA) is 52.6 Å². The lowest BCUT2D eigenvalue weighted by Gasteiger charge is -2.29. The molecule has 0 bridgehead atoms. The highest BCUT2D eigenvalue weighted by Gasteiger charge is 2.43. The van der Waals surface area contributed by atoms with Gasteiger partial charge in [0, 0.05) is 25.0 Å². The molecule has 0 radical (unpaired) electrons. The molecule has 4 heteroatoms. The molecule has 2 saturated carbocycles. The molecule has 0 aromatic rings. The summed E-state index contributed by atoms with van der Waals surface area (Å²) in [5.41, 5.74) is 0. The zero-order valence-electron chi connectivity index (χ0n) is 9.56. The van der Waals surface area contributed by atoms with Crippen LogP contribution >= 0.6 is 0 Å². The number of amides is 2. The summed E-state index contributed by atoms with van der Waals surface area (Å²) in [6, 6.07) is 0.504. The number of nitrogens with one attached hydrogen (secondary N) is 1. The lowest BCUT2D eigenvalue weighted by atomic mass is 9.93. The first-order valence-corrected chi connectivity index (χ1v) is 6.47. The van der Waals surface area contributed by atoms with E-state index in [4.69, 9.17) is 0 Å². The lowest BCUT2D eigenvalue weighted by molar-refractivity contribution is 0.125. The van der Waals surface area contributed by atoms with Crippen molar-refractivity contribution in [3.63, 3.8) is 0 Å². The molecule has 3 unspecified atom stereocenters. The number of nitrogens with zero attached hydrogens (tertiary/aromatic N) is 1. The number of aliphatic hydroxyl groups is 1. The van der Waals surface area contributed by atoms with E-state index in [9.17, 15) is 9.90 Å². The van der Waals surface area contributed by atoms with Crippen LogP contribution < -0.4 is 5.32 Å². The van der Waals surface area contributed by atoms with Crippen molar-refractivity contribution in [1.29, 1.82) is 0 Å². The van der Waals surface area contributed by atoms with Crippen molar-refractivity contribution in [1.82, 2.24) is 10.2 Å². The summed E-state index contributed by atoms with van der Waals surface area (Å²) in [5.74, 6) is 0.884. The quantitative estimate of drug-likeness (QED) is 0.697.